The molecule has 0 saturated heterocycles. The molecular formula is C12H16N6O3. The Balaban J connectivity index is 2.37. The Kier molecular flexibility index (Phi) is 4.01. The highest BCUT2D eigenvalue weighted by Crippen LogP contribution is 2.20. The predicted octanol–water partition coefficient (Wildman–Crippen LogP) is -0.145. The minimum atomic E-state index is -1.18. The molecule has 2 rings (SSSR count). The number of hydrogen-bond donors (Lipinski definition) is 1. The zero-order valence-corrected chi connectivity index (χ0v) is 12.0. The van der Waals surface area contributed by atoms with Crippen LogP contribution in [0.1, 0.15) is 16.9 Å². The fourth-order valence-electron chi connectivity index (χ4n) is 1.85. The first kappa shape index (κ1) is 14.7. The van der Waals surface area contributed by atoms with E-state index < -0.39 is 5.97 Å². The highest BCUT2D eigenvalue weighted by atomic mass is 16.4. The first-order valence-electron chi connectivity index (χ1n) is 6.26. The fourth-order valence-corrected chi connectivity index (χ4v) is 1.85. The number of carbonyl (C=O) groups is 2. The van der Waals surface area contributed by atoms with Crippen molar-refractivity contribution in [1.29, 1.82) is 0 Å². The highest BCUT2D eigenvalue weighted by Gasteiger charge is 2.23. The molecule has 1 N–H and O–H groups in total. The van der Waals surface area contributed by atoms with Crippen LogP contribution in [0.2, 0.25) is 0 Å². The van der Waals surface area contributed by atoms with Crippen molar-refractivity contribution in [1.82, 2.24) is 29.4 Å². The summed E-state index contributed by atoms with van der Waals surface area (Å²) in [7, 11) is 5.06. The summed E-state index contributed by atoms with van der Waals surface area (Å²) in [6, 6.07) is 0. The monoisotopic (exact) mass is 292 g/mol. The van der Waals surface area contributed by atoms with Crippen molar-refractivity contribution >= 4 is 11.9 Å². The van der Waals surface area contributed by atoms with Crippen molar-refractivity contribution in [2.24, 2.45) is 7.05 Å². The van der Waals surface area contributed by atoms with E-state index in [0.29, 0.717) is 11.5 Å². The molecule has 1 amide bonds. The molecule has 2 heterocycles. The third kappa shape index (κ3) is 2.91. The van der Waals surface area contributed by atoms with Crippen LogP contribution in [-0.4, -0.2) is 60.5 Å². The van der Waals surface area contributed by atoms with Crippen molar-refractivity contribution in [3.63, 3.8) is 0 Å². The number of rotatable bonds is 5. The molecule has 21 heavy (non-hydrogen) atoms. The summed E-state index contributed by atoms with van der Waals surface area (Å²) in [5.41, 5.74) is 0.114. The molecule has 0 aliphatic heterocycles. The van der Waals surface area contributed by atoms with Crippen molar-refractivity contribution in [3.05, 3.63) is 18.1 Å². The number of carbonyl (C=O) groups excluding carboxylic acids is 1. The van der Waals surface area contributed by atoms with E-state index in [2.05, 4.69) is 15.3 Å². The minimum Gasteiger partial charge on any atom is -0.476 e. The van der Waals surface area contributed by atoms with E-state index in [1.54, 1.807) is 38.1 Å². The summed E-state index contributed by atoms with van der Waals surface area (Å²) in [6.07, 6.45) is 3.46. The molecule has 0 radical (unpaired) electrons. The van der Waals surface area contributed by atoms with Crippen LogP contribution in [-0.2, 0) is 18.4 Å². The van der Waals surface area contributed by atoms with Crippen LogP contribution < -0.4 is 0 Å². The average molecular weight is 292 g/mol. The first-order valence-corrected chi connectivity index (χ1v) is 6.26. The molecule has 0 atom stereocenters. The van der Waals surface area contributed by atoms with Crippen molar-refractivity contribution in [2.75, 3.05) is 14.1 Å². The zero-order chi connectivity index (χ0) is 15.6. The number of aryl methyl sites for hydroxylation is 2. The molecule has 9 nitrogen and oxygen atoms in total. The third-order valence-electron chi connectivity index (χ3n) is 3.01. The Morgan fingerprint density at radius 2 is 2.10 bits per heavy atom. The van der Waals surface area contributed by atoms with E-state index in [4.69, 9.17) is 0 Å². The van der Waals surface area contributed by atoms with Gasteiger partial charge in [0.05, 0.1) is 6.54 Å². The van der Waals surface area contributed by atoms with Gasteiger partial charge in [-0.1, -0.05) is 5.21 Å². The molecular weight excluding hydrogens is 276 g/mol. The Hall–Kier alpha value is -2.71. The Morgan fingerprint density at radius 3 is 2.62 bits per heavy atom. The van der Waals surface area contributed by atoms with Crippen LogP contribution >= 0.6 is 0 Å². The highest BCUT2D eigenvalue weighted by molar-refractivity contribution is 5.91. The first-order chi connectivity index (χ1) is 9.91. The van der Waals surface area contributed by atoms with Gasteiger partial charge in [0, 0.05) is 40.0 Å². The van der Waals surface area contributed by atoms with E-state index >= 15 is 0 Å². The maximum absolute atomic E-state index is 11.6. The lowest BCUT2D eigenvalue weighted by Crippen LogP contribution is -2.23. The number of aromatic carboxylic acids is 1. The van der Waals surface area contributed by atoms with Gasteiger partial charge in [-0.15, -0.1) is 5.10 Å². The van der Waals surface area contributed by atoms with Crippen molar-refractivity contribution in [3.8, 4) is 11.5 Å². The fraction of sp³-hybridized carbons (Fsp3) is 0.417. The molecule has 0 unspecified atom stereocenters. The third-order valence-corrected chi connectivity index (χ3v) is 3.01. The van der Waals surface area contributed by atoms with Gasteiger partial charge in [-0.3, -0.25) is 4.79 Å². The van der Waals surface area contributed by atoms with E-state index in [1.165, 1.54) is 9.58 Å². The van der Waals surface area contributed by atoms with Gasteiger partial charge in [0.2, 0.25) is 11.6 Å². The van der Waals surface area contributed by atoms with Crippen LogP contribution in [0, 0.1) is 0 Å². The SMILES string of the molecule is CN(C)C(=O)CCn1nnc(C(=O)O)c1-c1nccn1C. The molecule has 0 bridgehead atoms. The summed E-state index contributed by atoms with van der Waals surface area (Å²) < 4.78 is 3.07. The maximum Gasteiger partial charge on any atom is 0.358 e. The smallest absolute Gasteiger partial charge is 0.358 e. The molecule has 2 aromatic heterocycles. The van der Waals surface area contributed by atoms with E-state index in [9.17, 15) is 14.7 Å². The largest absolute Gasteiger partial charge is 0.476 e. The van der Waals surface area contributed by atoms with Gasteiger partial charge in [-0.2, -0.15) is 0 Å². The lowest BCUT2D eigenvalue weighted by Gasteiger charge is -2.11. The van der Waals surface area contributed by atoms with Crippen molar-refractivity contribution < 1.29 is 14.7 Å². The van der Waals surface area contributed by atoms with Crippen LogP contribution in [0.15, 0.2) is 12.4 Å². The molecule has 112 valence electrons. The van der Waals surface area contributed by atoms with Gasteiger partial charge in [0.15, 0.2) is 5.82 Å². The van der Waals surface area contributed by atoms with E-state index in [1.807, 2.05) is 0 Å². The van der Waals surface area contributed by atoms with Crippen LogP contribution in [0.5, 0.6) is 0 Å². The normalized spacial score (nSPS) is 10.6. The predicted molar refractivity (Wildman–Crippen MR) is 72.5 cm³/mol. The summed E-state index contributed by atoms with van der Waals surface area (Å²) in [6.45, 7) is 0.236. The number of amides is 1. The maximum atomic E-state index is 11.6. The van der Waals surface area contributed by atoms with E-state index in [0.717, 1.165) is 0 Å². The van der Waals surface area contributed by atoms with Gasteiger partial charge in [0.25, 0.3) is 0 Å². The van der Waals surface area contributed by atoms with Gasteiger partial charge in [-0.05, 0) is 0 Å². The van der Waals surface area contributed by atoms with Crippen LogP contribution in [0.4, 0.5) is 0 Å². The number of carboxylic acid groups (broad SMARTS) is 1. The zero-order valence-electron chi connectivity index (χ0n) is 12.0. The summed E-state index contributed by atoms with van der Waals surface area (Å²) in [5, 5.41) is 16.7. The molecule has 0 saturated carbocycles. The number of imidazole rings is 1. The number of carboxylic acids is 1. The summed E-state index contributed by atoms with van der Waals surface area (Å²) in [4.78, 5) is 28.5. The Labute approximate surface area is 120 Å². The quantitative estimate of drug-likeness (QED) is 0.821. The van der Waals surface area contributed by atoms with Gasteiger partial charge in [0.1, 0.15) is 5.69 Å². The molecule has 0 aliphatic rings. The van der Waals surface area contributed by atoms with Crippen molar-refractivity contribution in [2.45, 2.75) is 13.0 Å². The average Bonchev–Trinajstić information content (AvgIpc) is 3.01. The summed E-state index contributed by atoms with van der Waals surface area (Å²) in [5.74, 6) is -0.818. The number of nitrogens with zero attached hydrogens (tertiary/aromatic N) is 6. The molecule has 0 fully saturated rings. The van der Waals surface area contributed by atoms with E-state index in [-0.39, 0.29) is 24.6 Å². The Morgan fingerprint density at radius 1 is 1.38 bits per heavy atom. The van der Waals surface area contributed by atoms with Gasteiger partial charge >= 0.3 is 5.97 Å². The van der Waals surface area contributed by atoms with Crippen LogP contribution in [0.25, 0.3) is 11.5 Å². The molecule has 2 aromatic rings. The number of hydrogen-bond acceptors (Lipinski definition) is 5. The van der Waals surface area contributed by atoms with Gasteiger partial charge in [-0.25, -0.2) is 14.5 Å². The second-order valence-electron chi connectivity index (χ2n) is 4.71. The second kappa shape index (κ2) is 5.73. The van der Waals surface area contributed by atoms with Crippen LogP contribution in [0.3, 0.4) is 0 Å². The molecule has 9 heteroatoms. The number of aromatic nitrogens is 5. The van der Waals surface area contributed by atoms with Gasteiger partial charge < -0.3 is 14.6 Å². The molecule has 0 aliphatic carbocycles. The Bertz CT molecular complexity index is 672. The lowest BCUT2D eigenvalue weighted by molar-refractivity contribution is -0.128. The molecule has 0 aromatic carbocycles. The summed E-state index contributed by atoms with van der Waals surface area (Å²) >= 11 is 0. The topological polar surface area (TPSA) is 106 Å². The standard InChI is InChI=1S/C12H16N6O3/c1-16(2)8(19)4-6-18-10(9(12(20)21)14-15-18)11-13-5-7-17(11)3/h5,7H,4,6H2,1-3H3,(H,20,21). The lowest BCUT2D eigenvalue weighted by atomic mass is 10.3. The minimum absolute atomic E-state index is 0.0758. The molecule has 0 spiro atoms. The second-order valence-corrected chi connectivity index (χ2v) is 4.71.